The molecule has 0 unspecified atom stereocenters. The normalized spacial score (nSPS) is 12.6. The third-order valence-electron chi connectivity index (χ3n) is 1.93. The highest BCUT2D eigenvalue weighted by Gasteiger charge is 2.25. The van der Waals surface area contributed by atoms with Crippen molar-refractivity contribution in [3.63, 3.8) is 0 Å². The number of nitrogens with one attached hydrogen (secondary N) is 1. The van der Waals surface area contributed by atoms with Gasteiger partial charge >= 0.3 is 6.18 Å². The molecule has 0 saturated heterocycles. The minimum atomic E-state index is -4.10. The molecule has 0 bridgehead atoms. The van der Waals surface area contributed by atoms with E-state index in [2.05, 4.69) is 11.9 Å². The van der Waals surface area contributed by atoms with Crippen LogP contribution in [-0.2, 0) is 0 Å². The summed E-state index contributed by atoms with van der Waals surface area (Å²) in [5, 5.41) is 4.20. The molecule has 0 aromatic heterocycles. The van der Waals surface area contributed by atoms with Gasteiger partial charge in [-0.1, -0.05) is 12.2 Å². The molecule has 0 aliphatic carbocycles. The van der Waals surface area contributed by atoms with E-state index in [9.17, 15) is 13.2 Å². The Bertz CT molecular complexity index is 287. The summed E-state index contributed by atoms with van der Waals surface area (Å²) in [6.45, 7) is 6.58. The average Bonchev–Trinajstić information content (AvgIpc) is 2.13. The number of hydrogen-bond acceptors (Lipinski definition) is 4. The van der Waals surface area contributed by atoms with Crippen molar-refractivity contribution >= 4 is 0 Å². The minimum absolute atomic E-state index is 0.0366. The van der Waals surface area contributed by atoms with E-state index < -0.39 is 12.6 Å². The highest BCUT2D eigenvalue weighted by Crippen LogP contribution is 2.20. The predicted octanol–water partition coefficient (Wildman–Crippen LogP) is 1.47. The van der Waals surface area contributed by atoms with Crippen molar-refractivity contribution in [2.24, 2.45) is 11.6 Å². The molecule has 0 aliphatic rings. The van der Waals surface area contributed by atoms with Crippen LogP contribution in [0.2, 0.25) is 0 Å². The van der Waals surface area contributed by atoms with Crippen molar-refractivity contribution in [1.82, 2.24) is 10.3 Å². The molecule has 0 radical (unpaired) electrons. The molecule has 0 fully saturated rings. The second kappa shape index (κ2) is 7.99. The molecule has 0 aliphatic heterocycles. The van der Waals surface area contributed by atoms with E-state index in [0.29, 0.717) is 18.8 Å². The lowest BCUT2D eigenvalue weighted by Gasteiger charge is -2.15. The van der Waals surface area contributed by atoms with Crippen molar-refractivity contribution in [3.05, 3.63) is 24.0 Å². The molecular weight excluding hydrogens is 245 g/mol. The molecule has 0 rings (SSSR count). The van der Waals surface area contributed by atoms with Gasteiger partial charge in [0, 0.05) is 24.9 Å². The monoisotopic (exact) mass is 266 g/mol. The van der Waals surface area contributed by atoms with E-state index in [1.54, 1.807) is 0 Å². The Labute approximate surface area is 105 Å². The standard InChI is InChI=1S/C11H21F3N4/c1-9(2)7-18(16)8-10(15)6-17-5-3-4-11(12,13)14/h8,17H,1,3-7,15-16H2,2H3/b10-8-. The summed E-state index contributed by atoms with van der Waals surface area (Å²) in [5.41, 5.74) is 7.00. The molecule has 18 heavy (non-hydrogen) atoms. The van der Waals surface area contributed by atoms with E-state index in [1.807, 2.05) is 6.92 Å². The van der Waals surface area contributed by atoms with Crippen LogP contribution in [0, 0.1) is 0 Å². The Morgan fingerprint density at radius 2 is 2.06 bits per heavy atom. The van der Waals surface area contributed by atoms with Crippen molar-refractivity contribution in [2.75, 3.05) is 19.6 Å². The molecule has 0 saturated carbocycles. The number of nitrogens with zero attached hydrogens (tertiary/aromatic N) is 1. The molecular formula is C11H21F3N4. The first-order valence-corrected chi connectivity index (χ1v) is 5.60. The van der Waals surface area contributed by atoms with Gasteiger partial charge in [0.1, 0.15) is 0 Å². The summed E-state index contributed by atoms with van der Waals surface area (Å²) < 4.78 is 35.5. The van der Waals surface area contributed by atoms with Gasteiger partial charge in [0.25, 0.3) is 0 Å². The zero-order valence-corrected chi connectivity index (χ0v) is 10.6. The summed E-state index contributed by atoms with van der Waals surface area (Å²) in [4.78, 5) is 0. The number of nitrogens with two attached hydrogens (primary N) is 2. The third kappa shape index (κ3) is 11.3. The van der Waals surface area contributed by atoms with Gasteiger partial charge in [-0.15, -0.1) is 0 Å². The maximum Gasteiger partial charge on any atom is 0.389 e. The average molecular weight is 266 g/mol. The molecule has 0 spiro atoms. The second-order valence-electron chi connectivity index (χ2n) is 4.23. The van der Waals surface area contributed by atoms with Gasteiger partial charge in [-0.2, -0.15) is 13.2 Å². The molecule has 0 heterocycles. The number of alkyl halides is 3. The van der Waals surface area contributed by atoms with Gasteiger partial charge < -0.3 is 16.1 Å². The van der Waals surface area contributed by atoms with Gasteiger partial charge in [0.15, 0.2) is 0 Å². The lowest BCUT2D eigenvalue weighted by atomic mass is 10.3. The SMILES string of the molecule is C=C(C)CN(N)/C=C(\N)CNCCCC(F)(F)F. The van der Waals surface area contributed by atoms with E-state index >= 15 is 0 Å². The Morgan fingerprint density at radius 3 is 2.56 bits per heavy atom. The Hall–Kier alpha value is -1.21. The van der Waals surface area contributed by atoms with E-state index in [-0.39, 0.29) is 13.0 Å². The molecule has 0 aromatic carbocycles. The Kier molecular flexibility index (Phi) is 7.45. The topological polar surface area (TPSA) is 67.3 Å². The molecule has 7 heteroatoms. The van der Waals surface area contributed by atoms with Crippen LogP contribution in [0.15, 0.2) is 24.0 Å². The smallest absolute Gasteiger partial charge is 0.389 e. The van der Waals surface area contributed by atoms with Crippen molar-refractivity contribution in [1.29, 1.82) is 0 Å². The minimum Gasteiger partial charge on any atom is -0.400 e. The van der Waals surface area contributed by atoms with Crippen LogP contribution in [0.5, 0.6) is 0 Å². The zero-order chi connectivity index (χ0) is 14.2. The lowest BCUT2D eigenvalue weighted by molar-refractivity contribution is -0.135. The maximum atomic E-state index is 11.8. The number of rotatable bonds is 8. The second-order valence-corrected chi connectivity index (χ2v) is 4.23. The summed E-state index contributed by atoms with van der Waals surface area (Å²) in [6.07, 6.45) is -3.32. The Balaban J connectivity index is 3.73. The quantitative estimate of drug-likeness (QED) is 0.269. The molecule has 4 nitrogen and oxygen atoms in total. The summed E-state index contributed by atoms with van der Waals surface area (Å²) >= 11 is 0. The van der Waals surface area contributed by atoms with Crippen LogP contribution in [0.4, 0.5) is 13.2 Å². The highest BCUT2D eigenvalue weighted by molar-refractivity contribution is 5.00. The first-order valence-electron chi connectivity index (χ1n) is 5.60. The van der Waals surface area contributed by atoms with Gasteiger partial charge in [-0.3, -0.25) is 0 Å². The summed E-state index contributed by atoms with van der Waals surface area (Å²) in [5.74, 6) is 5.60. The molecule has 0 amide bonds. The number of hydrogen-bond donors (Lipinski definition) is 3. The molecule has 0 atom stereocenters. The van der Waals surface area contributed by atoms with Crippen LogP contribution in [0.1, 0.15) is 19.8 Å². The summed E-state index contributed by atoms with van der Waals surface area (Å²) in [6, 6.07) is 0. The fourth-order valence-corrected chi connectivity index (χ4v) is 1.26. The van der Waals surface area contributed by atoms with E-state index in [0.717, 1.165) is 5.57 Å². The number of halogens is 3. The zero-order valence-electron chi connectivity index (χ0n) is 10.6. The van der Waals surface area contributed by atoms with Crippen LogP contribution in [0.25, 0.3) is 0 Å². The fourth-order valence-electron chi connectivity index (χ4n) is 1.26. The largest absolute Gasteiger partial charge is 0.400 e. The van der Waals surface area contributed by atoms with Crippen LogP contribution in [0.3, 0.4) is 0 Å². The first-order chi connectivity index (χ1) is 8.20. The third-order valence-corrected chi connectivity index (χ3v) is 1.93. The fraction of sp³-hybridized carbons (Fsp3) is 0.636. The van der Waals surface area contributed by atoms with Crippen LogP contribution < -0.4 is 16.9 Å². The van der Waals surface area contributed by atoms with Crippen molar-refractivity contribution in [2.45, 2.75) is 25.9 Å². The van der Waals surface area contributed by atoms with Gasteiger partial charge in [-0.25, -0.2) is 5.84 Å². The van der Waals surface area contributed by atoms with Crippen LogP contribution >= 0.6 is 0 Å². The Morgan fingerprint density at radius 1 is 1.44 bits per heavy atom. The summed E-state index contributed by atoms with van der Waals surface area (Å²) in [7, 11) is 0. The predicted molar refractivity (Wildman–Crippen MR) is 66.1 cm³/mol. The highest BCUT2D eigenvalue weighted by atomic mass is 19.4. The van der Waals surface area contributed by atoms with Crippen molar-refractivity contribution in [3.8, 4) is 0 Å². The first kappa shape index (κ1) is 16.8. The number of hydrazine groups is 1. The van der Waals surface area contributed by atoms with Crippen molar-refractivity contribution < 1.29 is 13.2 Å². The van der Waals surface area contributed by atoms with E-state index in [4.69, 9.17) is 11.6 Å². The van der Waals surface area contributed by atoms with E-state index in [1.165, 1.54) is 11.2 Å². The molecule has 0 aromatic rings. The lowest BCUT2D eigenvalue weighted by Crippen LogP contribution is -2.30. The molecule has 106 valence electrons. The van der Waals surface area contributed by atoms with Gasteiger partial charge in [0.2, 0.25) is 0 Å². The van der Waals surface area contributed by atoms with Gasteiger partial charge in [0.05, 0.1) is 6.54 Å². The molecule has 5 N–H and O–H groups in total. The maximum absolute atomic E-state index is 11.8. The van der Waals surface area contributed by atoms with Gasteiger partial charge in [-0.05, 0) is 19.9 Å². The van der Waals surface area contributed by atoms with Crippen LogP contribution in [-0.4, -0.2) is 30.8 Å².